The molecule has 4 nitrogen and oxygen atoms in total. The van der Waals surface area contributed by atoms with E-state index in [9.17, 15) is 4.79 Å². The van der Waals surface area contributed by atoms with E-state index < -0.39 is 0 Å². The zero-order chi connectivity index (χ0) is 18.5. The van der Waals surface area contributed by atoms with Crippen LogP contribution in [0.2, 0.25) is 10.0 Å². The fourth-order valence-electron chi connectivity index (χ4n) is 2.10. The van der Waals surface area contributed by atoms with Crippen LogP contribution in [0.4, 0.5) is 0 Å². The van der Waals surface area contributed by atoms with Gasteiger partial charge in [-0.2, -0.15) is 0 Å². The van der Waals surface area contributed by atoms with Gasteiger partial charge in [0.05, 0.1) is 15.1 Å². The van der Waals surface area contributed by atoms with E-state index in [4.69, 9.17) is 34.8 Å². The first-order valence-corrected chi connectivity index (χ1v) is 9.47. The maximum Gasteiger partial charge on any atom is 0.282 e. The van der Waals surface area contributed by atoms with Gasteiger partial charge in [0.25, 0.3) is 5.91 Å². The van der Waals surface area contributed by atoms with Crippen molar-refractivity contribution in [3.63, 3.8) is 0 Å². The first-order chi connectivity index (χ1) is 12.5. The summed E-state index contributed by atoms with van der Waals surface area (Å²) in [6.07, 6.45) is 1.64. The smallest absolute Gasteiger partial charge is 0.282 e. The second-order valence-corrected chi connectivity index (χ2v) is 7.39. The molecule has 0 saturated heterocycles. The van der Waals surface area contributed by atoms with E-state index in [1.807, 2.05) is 30.3 Å². The molecule has 1 amide bonds. The van der Waals surface area contributed by atoms with E-state index >= 15 is 0 Å². The van der Waals surface area contributed by atoms with Crippen molar-refractivity contribution in [2.75, 3.05) is 0 Å². The summed E-state index contributed by atoms with van der Waals surface area (Å²) in [7, 11) is 0. The Morgan fingerprint density at radius 1 is 1.04 bits per heavy atom. The van der Waals surface area contributed by atoms with Crippen molar-refractivity contribution in [1.82, 2.24) is 15.5 Å². The van der Waals surface area contributed by atoms with Crippen LogP contribution in [0.5, 0.6) is 0 Å². The number of hydrogen-bond acceptors (Lipinski definition) is 4. The van der Waals surface area contributed by atoms with Crippen molar-refractivity contribution in [1.29, 1.82) is 0 Å². The molecule has 0 saturated carbocycles. The average molecular weight is 425 g/mol. The predicted molar refractivity (Wildman–Crippen MR) is 108 cm³/mol. The molecule has 1 aromatic heterocycles. The van der Waals surface area contributed by atoms with E-state index in [1.165, 1.54) is 0 Å². The van der Waals surface area contributed by atoms with Crippen LogP contribution in [-0.4, -0.2) is 16.1 Å². The number of aromatic nitrogens is 2. The maximum atomic E-state index is 12.2. The van der Waals surface area contributed by atoms with Gasteiger partial charge in [0.15, 0.2) is 5.01 Å². The number of hydrogen-bond donors (Lipinski definition) is 1. The molecule has 0 fully saturated rings. The predicted octanol–water partition coefficient (Wildman–Crippen LogP) is 5.51. The molecule has 0 unspecified atom stereocenters. The highest BCUT2D eigenvalue weighted by Gasteiger charge is 2.15. The molecule has 3 rings (SSSR count). The van der Waals surface area contributed by atoms with Crippen LogP contribution in [0.25, 0.3) is 11.1 Å². The van der Waals surface area contributed by atoms with Crippen LogP contribution in [0, 0.1) is 0 Å². The minimum absolute atomic E-state index is 0.236. The Balaban J connectivity index is 1.71. The van der Waals surface area contributed by atoms with Gasteiger partial charge in [0.2, 0.25) is 5.01 Å². The van der Waals surface area contributed by atoms with Crippen LogP contribution in [-0.2, 0) is 6.54 Å². The van der Waals surface area contributed by atoms with Crippen LogP contribution in [0.15, 0.2) is 48.5 Å². The fourth-order valence-corrected chi connectivity index (χ4v) is 3.40. The first kappa shape index (κ1) is 18.9. The molecule has 0 aliphatic rings. The van der Waals surface area contributed by atoms with Crippen molar-refractivity contribution >= 4 is 63.2 Å². The molecule has 2 aromatic carbocycles. The van der Waals surface area contributed by atoms with E-state index in [2.05, 4.69) is 15.5 Å². The highest BCUT2D eigenvalue weighted by atomic mass is 35.5. The van der Waals surface area contributed by atoms with E-state index in [0.29, 0.717) is 32.2 Å². The van der Waals surface area contributed by atoms with Crippen molar-refractivity contribution in [2.24, 2.45) is 0 Å². The highest BCUT2D eigenvalue weighted by Crippen LogP contribution is 2.31. The number of rotatable bonds is 5. The standard InChI is InChI=1S/C18H12Cl3N3OS/c19-13-8-4-7-12(15(13)21)9-14(20)17-23-24-18(26-17)16(25)22-10-11-5-2-1-3-6-11/h1-9H,10H2,(H,22,25)/b14-9-. The van der Waals surface area contributed by atoms with E-state index in [1.54, 1.807) is 24.3 Å². The number of nitrogens with zero attached hydrogens (tertiary/aromatic N) is 2. The highest BCUT2D eigenvalue weighted by molar-refractivity contribution is 7.15. The summed E-state index contributed by atoms with van der Waals surface area (Å²) < 4.78 is 0. The third-order valence-corrected chi connectivity index (χ3v) is 5.57. The van der Waals surface area contributed by atoms with Crippen LogP contribution in [0.1, 0.15) is 25.9 Å². The molecule has 8 heteroatoms. The number of benzene rings is 2. The number of nitrogens with one attached hydrogen (secondary N) is 1. The summed E-state index contributed by atoms with van der Waals surface area (Å²) in [6.45, 7) is 0.413. The van der Waals surface area contributed by atoms with Gasteiger partial charge in [-0.3, -0.25) is 4.79 Å². The number of carbonyl (C=O) groups is 1. The largest absolute Gasteiger partial charge is 0.346 e. The Morgan fingerprint density at radius 2 is 1.77 bits per heavy atom. The van der Waals surface area contributed by atoms with Crippen LogP contribution < -0.4 is 5.32 Å². The Hall–Kier alpha value is -1.92. The lowest BCUT2D eigenvalue weighted by Crippen LogP contribution is -2.22. The van der Waals surface area contributed by atoms with Crippen LogP contribution >= 0.6 is 46.1 Å². The molecule has 26 heavy (non-hydrogen) atoms. The average Bonchev–Trinajstić information content (AvgIpc) is 3.15. The molecule has 0 aliphatic heterocycles. The number of amides is 1. The van der Waals surface area contributed by atoms with Gasteiger partial charge in [-0.1, -0.05) is 88.6 Å². The SMILES string of the molecule is O=C(NCc1ccccc1)c1nnc(/C(Cl)=C/c2cccc(Cl)c2Cl)s1. The van der Waals surface area contributed by atoms with Crippen molar-refractivity contribution in [2.45, 2.75) is 6.54 Å². The molecule has 0 atom stereocenters. The molecule has 0 spiro atoms. The van der Waals surface area contributed by atoms with Gasteiger partial charge in [-0.15, -0.1) is 10.2 Å². The number of carbonyl (C=O) groups excluding carboxylic acids is 1. The topological polar surface area (TPSA) is 54.9 Å². The third-order valence-electron chi connectivity index (χ3n) is 3.38. The summed E-state index contributed by atoms with van der Waals surface area (Å²) in [6, 6.07) is 14.8. The second-order valence-electron chi connectivity index (χ2n) is 5.22. The molecule has 1 heterocycles. The fraction of sp³-hybridized carbons (Fsp3) is 0.0556. The van der Waals surface area contributed by atoms with Crippen molar-refractivity contribution in [3.8, 4) is 0 Å². The van der Waals surface area contributed by atoms with Gasteiger partial charge < -0.3 is 5.32 Å². The van der Waals surface area contributed by atoms with Crippen molar-refractivity contribution in [3.05, 3.63) is 79.7 Å². The zero-order valence-electron chi connectivity index (χ0n) is 13.2. The molecular formula is C18H12Cl3N3OS. The summed E-state index contributed by atoms with van der Waals surface area (Å²) in [5, 5.41) is 12.5. The van der Waals surface area contributed by atoms with Gasteiger partial charge in [0.1, 0.15) is 0 Å². The molecule has 1 N–H and O–H groups in total. The van der Waals surface area contributed by atoms with Gasteiger partial charge in [0, 0.05) is 6.54 Å². The summed E-state index contributed by atoms with van der Waals surface area (Å²) >= 11 is 19.5. The monoisotopic (exact) mass is 423 g/mol. The third kappa shape index (κ3) is 4.62. The van der Waals surface area contributed by atoms with Gasteiger partial charge in [-0.25, -0.2) is 0 Å². The summed E-state index contributed by atoms with van der Waals surface area (Å²) in [5.74, 6) is -0.303. The van der Waals surface area contributed by atoms with Gasteiger partial charge >= 0.3 is 0 Å². The Morgan fingerprint density at radius 3 is 2.54 bits per heavy atom. The molecule has 0 radical (unpaired) electrons. The maximum absolute atomic E-state index is 12.2. The van der Waals surface area contributed by atoms with Crippen LogP contribution in [0.3, 0.4) is 0 Å². The van der Waals surface area contributed by atoms with Gasteiger partial charge in [-0.05, 0) is 23.3 Å². The lowest BCUT2D eigenvalue weighted by atomic mass is 10.2. The Kier molecular flexibility index (Phi) is 6.27. The summed E-state index contributed by atoms with van der Waals surface area (Å²) in [4.78, 5) is 12.2. The molecule has 132 valence electrons. The second kappa shape index (κ2) is 8.64. The first-order valence-electron chi connectivity index (χ1n) is 7.52. The normalized spacial score (nSPS) is 11.4. The molecule has 0 aliphatic carbocycles. The van der Waals surface area contributed by atoms with E-state index in [0.717, 1.165) is 16.9 Å². The van der Waals surface area contributed by atoms with E-state index in [-0.39, 0.29) is 10.9 Å². The number of halogens is 3. The minimum atomic E-state index is -0.303. The zero-order valence-corrected chi connectivity index (χ0v) is 16.3. The molecule has 0 bridgehead atoms. The Bertz CT molecular complexity index is 957. The molecular weight excluding hydrogens is 413 g/mol. The molecule has 3 aromatic rings. The lowest BCUT2D eigenvalue weighted by Gasteiger charge is -2.02. The minimum Gasteiger partial charge on any atom is -0.346 e. The Labute approximate surface area is 169 Å². The lowest BCUT2D eigenvalue weighted by molar-refractivity contribution is 0.0950. The summed E-state index contributed by atoms with van der Waals surface area (Å²) in [5.41, 5.74) is 1.66. The quantitative estimate of drug-likeness (QED) is 0.587. The van der Waals surface area contributed by atoms with Crippen molar-refractivity contribution < 1.29 is 4.79 Å².